The molecular formula is C5H4FNS. The summed E-state index contributed by atoms with van der Waals surface area (Å²) in [7, 11) is 0. The molecule has 3 heteroatoms. The van der Waals surface area contributed by atoms with Crippen LogP contribution < -0.4 is 0 Å². The van der Waals surface area contributed by atoms with Gasteiger partial charge in [-0.15, -0.1) is 0 Å². The first-order chi connectivity index (χ1) is 3.66. The molecule has 0 aromatic heterocycles. The number of rotatable bonds is 2. The number of halogens is 1. The zero-order valence-corrected chi connectivity index (χ0v) is 4.96. The Morgan fingerprint density at radius 1 is 1.62 bits per heavy atom. The molecule has 0 atom stereocenters. The highest BCUT2D eigenvalue weighted by atomic mass is 32.2. The third-order valence-corrected chi connectivity index (χ3v) is 0.918. The maximum Gasteiger partial charge on any atom is 0.154 e. The minimum Gasteiger partial charge on any atom is -0.200 e. The van der Waals surface area contributed by atoms with E-state index >= 15 is 0 Å². The Kier molecular flexibility index (Phi) is 2.97. The van der Waals surface area contributed by atoms with Crippen LogP contribution in [0, 0.1) is 11.3 Å². The first kappa shape index (κ1) is 7.25. The lowest BCUT2D eigenvalue weighted by molar-refractivity contribution is 0.704. The summed E-state index contributed by atoms with van der Waals surface area (Å²) in [5.41, 5.74) is 0. The third kappa shape index (κ3) is 3.44. The molecule has 0 heterocycles. The minimum atomic E-state index is -0.600. The molecule has 0 radical (unpaired) electrons. The van der Waals surface area contributed by atoms with Gasteiger partial charge in [0.2, 0.25) is 0 Å². The molecule has 1 nitrogen and oxygen atoms in total. The van der Waals surface area contributed by atoms with E-state index in [1.54, 1.807) is 6.07 Å². The predicted octanol–water partition coefficient (Wildman–Crippen LogP) is 2.20. The molecular weight excluding hydrogens is 125 g/mol. The van der Waals surface area contributed by atoms with E-state index in [0.717, 1.165) is 0 Å². The number of nitrogens with zero attached hydrogens (tertiary/aromatic N) is 1. The Hall–Kier alpha value is -0.750. The molecule has 42 valence electrons. The van der Waals surface area contributed by atoms with E-state index < -0.39 is 5.16 Å². The number of allylic oxidation sites excluding steroid dienone is 1. The maximum atomic E-state index is 11.7. The van der Waals surface area contributed by atoms with Crippen molar-refractivity contribution in [1.29, 1.82) is 5.26 Å². The van der Waals surface area contributed by atoms with Crippen molar-refractivity contribution in [3.05, 3.63) is 23.2 Å². The number of hydrogen-bond acceptors (Lipinski definition) is 2. The quantitative estimate of drug-likeness (QED) is 0.533. The Bertz CT molecular complexity index is 156. The maximum absolute atomic E-state index is 11.7. The van der Waals surface area contributed by atoms with Gasteiger partial charge in [0, 0.05) is 0 Å². The lowest BCUT2D eigenvalue weighted by Crippen LogP contribution is -1.62. The zero-order chi connectivity index (χ0) is 6.57. The largest absolute Gasteiger partial charge is 0.200 e. The molecule has 0 aliphatic carbocycles. The van der Waals surface area contributed by atoms with Crippen LogP contribution in [-0.2, 0) is 0 Å². The molecule has 0 saturated heterocycles. The normalized spacial score (nSPS) is 7.50. The highest BCUT2D eigenvalue weighted by Crippen LogP contribution is 2.21. The van der Waals surface area contributed by atoms with Crippen LogP contribution in [0.1, 0.15) is 0 Å². The van der Waals surface area contributed by atoms with Crippen LogP contribution in [-0.4, -0.2) is 0 Å². The van der Waals surface area contributed by atoms with E-state index in [4.69, 9.17) is 5.26 Å². The van der Waals surface area contributed by atoms with E-state index in [1.807, 2.05) is 0 Å². The smallest absolute Gasteiger partial charge is 0.154 e. The molecule has 0 saturated carbocycles. The first-order valence-electron chi connectivity index (χ1n) is 1.78. The van der Waals surface area contributed by atoms with Crippen LogP contribution in [0.4, 0.5) is 4.39 Å². The van der Waals surface area contributed by atoms with Crippen LogP contribution in [0.25, 0.3) is 0 Å². The van der Waals surface area contributed by atoms with Gasteiger partial charge in [-0.2, -0.15) is 9.65 Å². The molecule has 0 aromatic rings. The van der Waals surface area contributed by atoms with Crippen molar-refractivity contribution in [2.24, 2.45) is 0 Å². The molecule has 0 amide bonds. The fourth-order valence-corrected chi connectivity index (χ4v) is 0.470. The Labute approximate surface area is 51.5 Å². The van der Waals surface area contributed by atoms with Crippen molar-refractivity contribution in [2.75, 3.05) is 0 Å². The first-order valence-corrected chi connectivity index (χ1v) is 2.59. The molecule has 0 spiro atoms. The van der Waals surface area contributed by atoms with Gasteiger partial charge < -0.3 is 0 Å². The van der Waals surface area contributed by atoms with Gasteiger partial charge in [-0.05, 0) is 11.8 Å². The molecule has 0 fully saturated rings. The van der Waals surface area contributed by atoms with E-state index in [1.165, 1.54) is 0 Å². The summed E-state index contributed by atoms with van der Waals surface area (Å²) >= 11 is 0.638. The number of nitriles is 1. The average molecular weight is 129 g/mol. The van der Waals surface area contributed by atoms with Crippen LogP contribution in [0.3, 0.4) is 0 Å². The molecule has 0 aliphatic rings. The standard InChI is InChI=1S/C5H4FNS/c1-4(3-7)8-5(2)6/h1-2H2. The lowest BCUT2D eigenvalue weighted by Gasteiger charge is -1.85. The third-order valence-electron chi connectivity index (χ3n) is 0.359. The summed E-state index contributed by atoms with van der Waals surface area (Å²) in [5.74, 6) is 0. The Morgan fingerprint density at radius 2 is 2.12 bits per heavy atom. The van der Waals surface area contributed by atoms with Crippen LogP contribution >= 0.6 is 11.8 Å². The van der Waals surface area contributed by atoms with Gasteiger partial charge in [0.1, 0.15) is 6.07 Å². The molecule has 0 rings (SSSR count). The fraction of sp³-hybridized carbons (Fsp3) is 0. The summed E-state index contributed by atoms with van der Waals surface area (Å²) < 4.78 is 11.7. The van der Waals surface area contributed by atoms with Gasteiger partial charge in [0.25, 0.3) is 0 Å². The molecule has 8 heavy (non-hydrogen) atoms. The van der Waals surface area contributed by atoms with Gasteiger partial charge >= 0.3 is 0 Å². The second kappa shape index (κ2) is 3.28. The van der Waals surface area contributed by atoms with Crippen molar-refractivity contribution in [2.45, 2.75) is 0 Å². The minimum absolute atomic E-state index is 0.123. The average Bonchev–Trinajstić information content (AvgIpc) is 1.65. The van der Waals surface area contributed by atoms with Gasteiger partial charge in [-0.3, -0.25) is 0 Å². The molecule has 0 aromatic carbocycles. The van der Waals surface area contributed by atoms with E-state index in [9.17, 15) is 4.39 Å². The fourth-order valence-electron chi connectivity index (χ4n) is 0.157. The number of hydrogen-bond donors (Lipinski definition) is 0. The summed E-state index contributed by atoms with van der Waals surface area (Å²) in [6.45, 7) is 6.14. The second-order valence-electron chi connectivity index (χ2n) is 0.992. The highest BCUT2D eigenvalue weighted by molar-refractivity contribution is 8.06. The molecule has 0 bridgehead atoms. The van der Waals surface area contributed by atoms with Crippen molar-refractivity contribution >= 4 is 11.8 Å². The monoisotopic (exact) mass is 129 g/mol. The van der Waals surface area contributed by atoms with Crippen LogP contribution in [0.5, 0.6) is 0 Å². The number of thioether (sulfide) groups is 1. The van der Waals surface area contributed by atoms with Crippen LogP contribution in [0.2, 0.25) is 0 Å². The summed E-state index contributed by atoms with van der Waals surface area (Å²) in [6.07, 6.45) is 0. The van der Waals surface area contributed by atoms with Crippen molar-refractivity contribution in [3.63, 3.8) is 0 Å². The Morgan fingerprint density at radius 3 is 2.25 bits per heavy atom. The van der Waals surface area contributed by atoms with Crippen molar-refractivity contribution in [1.82, 2.24) is 0 Å². The van der Waals surface area contributed by atoms with Gasteiger partial charge in [-0.25, -0.2) is 0 Å². The lowest BCUT2D eigenvalue weighted by atomic mass is 10.7. The summed E-state index contributed by atoms with van der Waals surface area (Å²) in [4.78, 5) is 0.123. The zero-order valence-electron chi connectivity index (χ0n) is 4.15. The molecule has 0 unspecified atom stereocenters. The summed E-state index contributed by atoms with van der Waals surface area (Å²) in [6, 6.07) is 1.66. The van der Waals surface area contributed by atoms with E-state index in [2.05, 4.69) is 13.2 Å². The van der Waals surface area contributed by atoms with E-state index in [0.29, 0.717) is 11.8 Å². The van der Waals surface area contributed by atoms with E-state index in [-0.39, 0.29) is 4.91 Å². The van der Waals surface area contributed by atoms with Gasteiger partial charge in [0.05, 0.1) is 4.91 Å². The SMILES string of the molecule is C=C(F)SC(=C)C#N. The second-order valence-corrected chi connectivity index (χ2v) is 2.13. The van der Waals surface area contributed by atoms with Crippen LogP contribution in [0.15, 0.2) is 23.2 Å². The van der Waals surface area contributed by atoms with Crippen molar-refractivity contribution < 1.29 is 4.39 Å². The van der Waals surface area contributed by atoms with Gasteiger partial charge in [-0.1, -0.05) is 13.2 Å². The Balaban J connectivity index is 3.61. The highest BCUT2D eigenvalue weighted by Gasteiger charge is 1.93. The predicted molar refractivity (Wildman–Crippen MR) is 32.6 cm³/mol. The van der Waals surface area contributed by atoms with Crippen molar-refractivity contribution in [3.8, 4) is 6.07 Å². The molecule has 0 N–H and O–H groups in total. The summed E-state index contributed by atoms with van der Waals surface area (Å²) in [5, 5.41) is 7.41. The topological polar surface area (TPSA) is 23.8 Å². The van der Waals surface area contributed by atoms with Gasteiger partial charge in [0.15, 0.2) is 5.16 Å². The molecule has 0 aliphatic heterocycles.